The van der Waals surface area contributed by atoms with E-state index in [0.717, 1.165) is 16.0 Å². The third-order valence-electron chi connectivity index (χ3n) is 4.77. The van der Waals surface area contributed by atoms with Crippen molar-refractivity contribution in [3.8, 4) is 0 Å². The standard InChI is InChI=1S/C21H25ClN2O4S2/c1-14-10-15(2)21(16(3)11-14)29-13-20(25)23-19-12-17(4-5-18(19)22)30(26,27)24-6-8-28-9-7-24/h4-5,10-12H,6-9,13H2,1-3H3,(H,23,25). The average molecular weight is 469 g/mol. The van der Waals surface area contributed by atoms with Gasteiger partial charge in [-0.1, -0.05) is 29.3 Å². The van der Waals surface area contributed by atoms with Crippen molar-refractivity contribution < 1.29 is 17.9 Å². The Bertz CT molecular complexity index is 1030. The first-order valence-electron chi connectivity index (χ1n) is 9.56. The molecule has 0 bridgehead atoms. The molecular formula is C21H25ClN2O4S2. The fourth-order valence-corrected chi connectivity index (χ4v) is 5.94. The molecule has 1 heterocycles. The third-order valence-corrected chi connectivity index (χ3v) is 8.34. The Kier molecular flexibility index (Phi) is 7.47. The van der Waals surface area contributed by atoms with Crippen LogP contribution in [-0.2, 0) is 19.6 Å². The van der Waals surface area contributed by atoms with Gasteiger partial charge in [-0.05, 0) is 50.1 Å². The van der Waals surface area contributed by atoms with Crippen LogP contribution >= 0.6 is 23.4 Å². The molecule has 30 heavy (non-hydrogen) atoms. The topological polar surface area (TPSA) is 75.7 Å². The van der Waals surface area contributed by atoms with Gasteiger partial charge in [0.05, 0.1) is 34.6 Å². The number of nitrogens with zero attached hydrogens (tertiary/aromatic N) is 1. The maximum Gasteiger partial charge on any atom is 0.243 e. The van der Waals surface area contributed by atoms with Crippen molar-refractivity contribution in [2.24, 2.45) is 0 Å². The van der Waals surface area contributed by atoms with E-state index in [2.05, 4.69) is 17.4 Å². The fraction of sp³-hybridized carbons (Fsp3) is 0.381. The Morgan fingerprint density at radius 1 is 1.13 bits per heavy atom. The van der Waals surface area contributed by atoms with E-state index >= 15 is 0 Å². The number of carbonyl (C=O) groups excluding carboxylic acids is 1. The van der Waals surface area contributed by atoms with Crippen molar-refractivity contribution in [2.45, 2.75) is 30.6 Å². The Hall–Kier alpha value is -1.58. The van der Waals surface area contributed by atoms with Crippen LogP contribution in [0, 0.1) is 20.8 Å². The molecule has 0 aromatic heterocycles. The molecule has 1 saturated heterocycles. The van der Waals surface area contributed by atoms with Crippen LogP contribution in [0.25, 0.3) is 0 Å². The van der Waals surface area contributed by atoms with Crippen molar-refractivity contribution in [3.63, 3.8) is 0 Å². The molecule has 1 aliphatic heterocycles. The average Bonchev–Trinajstić information content (AvgIpc) is 2.69. The lowest BCUT2D eigenvalue weighted by molar-refractivity contribution is -0.113. The minimum atomic E-state index is -3.67. The van der Waals surface area contributed by atoms with E-state index in [4.69, 9.17) is 16.3 Å². The van der Waals surface area contributed by atoms with E-state index < -0.39 is 10.0 Å². The summed E-state index contributed by atoms with van der Waals surface area (Å²) in [7, 11) is -3.67. The SMILES string of the molecule is Cc1cc(C)c(SCC(=O)Nc2cc(S(=O)(=O)N3CCOCC3)ccc2Cl)c(C)c1. The van der Waals surface area contributed by atoms with E-state index in [1.165, 1.54) is 39.8 Å². The number of carbonyl (C=O) groups is 1. The van der Waals surface area contributed by atoms with Crippen molar-refractivity contribution >= 4 is 45.0 Å². The van der Waals surface area contributed by atoms with Crippen LogP contribution in [0.1, 0.15) is 16.7 Å². The van der Waals surface area contributed by atoms with Crippen LogP contribution in [0.4, 0.5) is 5.69 Å². The van der Waals surface area contributed by atoms with Crippen molar-refractivity contribution in [3.05, 3.63) is 52.0 Å². The lowest BCUT2D eigenvalue weighted by Crippen LogP contribution is -2.40. The number of aryl methyl sites for hydroxylation is 3. The van der Waals surface area contributed by atoms with Crippen LogP contribution < -0.4 is 5.32 Å². The van der Waals surface area contributed by atoms with Gasteiger partial charge >= 0.3 is 0 Å². The lowest BCUT2D eigenvalue weighted by atomic mass is 10.1. The Morgan fingerprint density at radius 2 is 1.77 bits per heavy atom. The highest BCUT2D eigenvalue weighted by atomic mass is 35.5. The Labute approximate surface area is 187 Å². The lowest BCUT2D eigenvalue weighted by Gasteiger charge is -2.26. The summed E-state index contributed by atoms with van der Waals surface area (Å²) in [6, 6.07) is 8.54. The summed E-state index contributed by atoms with van der Waals surface area (Å²) in [5.41, 5.74) is 3.72. The smallest absolute Gasteiger partial charge is 0.243 e. The molecule has 2 aromatic carbocycles. The highest BCUT2D eigenvalue weighted by Gasteiger charge is 2.27. The van der Waals surface area contributed by atoms with Crippen molar-refractivity contribution in [1.29, 1.82) is 0 Å². The molecule has 0 spiro atoms. The number of thioether (sulfide) groups is 1. The van der Waals surface area contributed by atoms with Gasteiger partial charge in [-0.2, -0.15) is 4.31 Å². The molecule has 1 fully saturated rings. The van der Waals surface area contributed by atoms with Gasteiger partial charge in [-0.25, -0.2) is 8.42 Å². The molecular weight excluding hydrogens is 444 g/mol. The molecule has 0 aliphatic carbocycles. The number of ether oxygens (including phenoxy) is 1. The summed E-state index contributed by atoms with van der Waals surface area (Å²) < 4.78 is 32.3. The molecule has 3 rings (SSSR count). The monoisotopic (exact) mass is 468 g/mol. The molecule has 1 amide bonds. The zero-order chi connectivity index (χ0) is 21.9. The Morgan fingerprint density at radius 3 is 2.40 bits per heavy atom. The zero-order valence-electron chi connectivity index (χ0n) is 17.2. The van der Waals surface area contributed by atoms with Gasteiger partial charge in [-0.15, -0.1) is 11.8 Å². The summed E-state index contributed by atoms with van der Waals surface area (Å²) in [4.78, 5) is 13.7. The number of morpholine rings is 1. The van der Waals surface area contributed by atoms with Gasteiger partial charge in [0.25, 0.3) is 0 Å². The number of rotatable bonds is 6. The van der Waals surface area contributed by atoms with Crippen LogP contribution in [0.15, 0.2) is 40.1 Å². The second-order valence-corrected chi connectivity index (χ2v) is 10.6. The zero-order valence-corrected chi connectivity index (χ0v) is 19.6. The van der Waals surface area contributed by atoms with Crippen LogP contribution in [0.2, 0.25) is 5.02 Å². The molecule has 9 heteroatoms. The van der Waals surface area contributed by atoms with Crippen molar-refractivity contribution in [1.82, 2.24) is 4.31 Å². The maximum atomic E-state index is 12.9. The predicted octanol–water partition coefficient (Wildman–Crippen LogP) is 4.02. The second kappa shape index (κ2) is 9.70. The van der Waals surface area contributed by atoms with E-state index in [0.29, 0.717) is 26.3 Å². The number of hydrogen-bond donors (Lipinski definition) is 1. The quantitative estimate of drug-likeness (QED) is 0.648. The summed E-state index contributed by atoms with van der Waals surface area (Å²) in [6.45, 7) is 7.43. The van der Waals surface area contributed by atoms with Crippen LogP contribution in [0.3, 0.4) is 0 Å². The summed E-state index contributed by atoms with van der Waals surface area (Å²) in [6.07, 6.45) is 0. The molecule has 0 atom stereocenters. The second-order valence-electron chi connectivity index (χ2n) is 7.22. The number of hydrogen-bond acceptors (Lipinski definition) is 5. The first-order valence-corrected chi connectivity index (χ1v) is 12.4. The molecule has 1 N–H and O–H groups in total. The molecule has 1 aliphatic rings. The number of anilines is 1. The maximum absolute atomic E-state index is 12.9. The molecule has 162 valence electrons. The van der Waals surface area contributed by atoms with E-state index in [1.807, 2.05) is 20.8 Å². The fourth-order valence-electron chi connectivity index (χ4n) is 3.42. The van der Waals surface area contributed by atoms with Crippen LogP contribution in [-0.4, -0.2) is 50.7 Å². The first-order chi connectivity index (χ1) is 14.2. The van der Waals surface area contributed by atoms with Crippen LogP contribution in [0.5, 0.6) is 0 Å². The van der Waals surface area contributed by atoms with Gasteiger partial charge in [0.2, 0.25) is 15.9 Å². The Balaban J connectivity index is 1.72. The van der Waals surface area contributed by atoms with Crippen molar-refractivity contribution in [2.75, 3.05) is 37.4 Å². The number of amides is 1. The van der Waals surface area contributed by atoms with Gasteiger partial charge in [0, 0.05) is 18.0 Å². The normalized spacial score (nSPS) is 15.2. The summed E-state index contributed by atoms with van der Waals surface area (Å²) in [5, 5.41) is 3.04. The number of halogens is 1. The van der Waals surface area contributed by atoms with E-state index in [1.54, 1.807) is 0 Å². The third kappa shape index (κ3) is 5.36. The molecule has 0 unspecified atom stereocenters. The van der Waals surface area contributed by atoms with Gasteiger partial charge in [-0.3, -0.25) is 4.79 Å². The number of benzene rings is 2. The highest BCUT2D eigenvalue weighted by molar-refractivity contribution is 8.00. The van der Waals surface area contributed by atoms with Gasteiger partial charge in [0.15, 0.2) is 0 Å². The number of nitrogens with one attached hydrogen (secondary N) is 1. The highest BCUT2D eigenvalue weighted by Crippen LogP contribution is 2.30. The molecule has 0 radical (unpaired) electrons. The molecule has 0 saturated carbocycles. The van der Waals surface area contributed by atoms with Gasteiger partial charge in [0.1, 0.15) is 0 Å². The largest absolute Gasteiger partial charge is 0.379 e. The first kappa shape index (κ1) is 23.1. The van der Waals surface area contributed by atoms with Gasteiger partial charge < -0.3 is 10.1 Å². The number of sulfonamides is 1. The minimum Gasteiger partial charge on any atom is -0.379 e. The predicted molar refractivity (Wildman–Crippen MR) is 121 cm³/mol. The minimum absolute atomic E-state index is 0.0991. The summed E-state index contributed by atoms with van der Waals surface area (Å²) >= 11 is 7.66. The summed E-state index contributed by atoms with van der Waals surface area (Å²) in [5.74, 6) is -0.0520. The molecule has 2 aromatic rings. The molecule has 6 nitrogen and oxygen atoms in total. The van der Waals surface area contributed by atoms with E-state index in [-0.39, 0.29) is 27.3 Å². The van der Waals surface area contributed by atoms with E-state index in [9.17, 15) is 13.2 Å².